The zero-order valence-corrected chi connectivity index (χ0v) is 13.8. The lowest BCUT2D eigenvalue weighted by Gasteiger charge is -2.31. The minimum atomic E-state index is -1.34. The van der Waals surface area contributed by atoms with Gasteiger partial charge in [0, 0.05) is 5.56 Å². The molecule has 0 unspecified atom stereocenters. The predicted octanol–water partition coefficient (Wildman–Crippen LogP) is 3.99. The van der Waals surface area contributed by atoms with E-state index in [-0.39, 0.29) is 0 Å². The van der Waals surface area contributed by atoms with Gasteiger partial charge in [0.05, 0.1) is 14.2 Å². The van der Waals surface area contributed by atoms with Gasteiger partial charge in [-0.25, -0.2) is 0 Å². The fourth-order valence-corrected chi connectivity index (χ4v) is 3.01. The van der Waals surface area contributed by atoms with Gasteiger partial charge in [-0.1, -0.05) is 72.8 Å². The van der Waals surface area contributed by atoms with Crippen LogP contribution in [0.25, 0.3) is 0 Å². The van der Waals surface area contributed by atoms with Crippen LogP contribution in [0.2, 0.25) is 0 Å². The highest BCUT2D eigenvalue weighted by Crippen LogP contribution is 2.44. The van der Waals surface area contributed by atoms with Crippen LogP contribution < -0.4 is 9.47 Å². The number of ether oxygens (including phenoxy) is 2. The van der Waals surface area contributed by atoms with E-state index >= 15 is 0 Å². The van der Waals surface area contributed by atoms with E-state index in [1.807, 2.05) is 78.9 Å². The van der Waals surface area contributed by atoms with Crippen molar-refractivity contribution >= 4 is 0 Å². The Labute approximate surface area is 142 Å². The molecule has 3 rings (SSSR count). The summed E-state index contributed by atoms with van der Waals surface area (Å²) in [6.45, 7) is 0. The molecule has 0 aliphatic rings. The van der Waals surface area contributed by atoms with Crippen LogP contribution in [0.3, 0.4) is 0 Å². The Kier molecular flexibility index (Phi) is 4.54. The molecule has 24 heavy (non-hydrogen) atoms. The summed E-state index contributed by atoms with van der Waals surface area (Å²) in [4.78, 5) is 0. The van der Waals surface area contributed by atoms with Crippen molar-refractivity contribution in [1.82, 2.24) is 0 Å². The first-order chi connectivity index (χ1) is 11.7. The Hall–Kier alpha value is -2.78. The fourth-order valence-electron chi connectivity index (χ4n) is 3.01. The summed E-state index contributed by atoms with van der Waals surface area (Å²) < 4.78 is 11.0. The van der Waals surface area contributed by atoms with Crippen LogP contribution in [0.1, 0.15) is 16.7 Å². The highest BCUT2D eigenvalue weighted by molar-refractivity contribution is 5.57. The van der Waals surface area contributed by atoms with Crippen LogP contribution >= 0.6 is 0 Å². The van der Waals surface area contributed by atoms with Crippen molar-refractivity contribution < 1.29 is 14.6 Å². The first kappa shape index (κ1) is 16.1. The van der Waals surface area contributed by atoms with Crippen LogP contribution in [-0.4, -0.2) is 19.3 Å². The van der Waals surface area contributed by atoms with Gasteiger partial charge in [-0.05, 0) is 17.2 Å². The molecule has 0 heterocycles. The summed E-state index contributed by atoms with van der Waals surface area (Å²) in [6, 6.07) is 24.7. The maximum Gasteiger partial charge on any atom is 0.167 e. The molecule has 0 saturated carbocycles. The van der Waals surface area contributed by atoms with Crippen molar-refractivity contribution in [3.8, 4) is 11.5 Å². The van der Waals surface area contributed by atoms with Gasteiger partial charge >= 0.3 is 0 Å². The van der Waals surface area contributed by atoms with Gasteiger partial charge < -0.3 is 14.6 Å². The van der Waals surface area contributed by atoms with Crippen molar-refractivity contribution in [3.05, 3.63) is 95.6 Å². The number of aliphatic hydroxyl groups is 1. The van der Waals surface area contributed by atoms with Crippen molar-refractivity contribution in [2.24, 2.45) is 0 Å². The van der Waals surface area contributed by atoms with Gasteiger partial charge in [0.1, 0.15) is 5.60 Å². The van der Waals surface area contributed by atoms with Crippen molar-refractivity contribution in [2.75, 3.05) is 14.2 Å². The monoisotopic (exact) mass is 320 g/mol. The smallest absolute Gasteiger partial charge is 0.167 e. The number of rotatable bonds is 5. The minimum Gasteiger partial charge on any atom is -0.493 e. The van der Waals surface area contributed by atoms with E-state index in [2.05, 4.69) is 0 Å². The Morgan fingerprint density at radius 3 is 1.67 bits per heavy atom. The molecule has 0 radical (unpaired) electrons. The summed E-state index contributed by atoms with van der Waals surface area (Å²) in [5, 5.41) is 11.8. The van der Waals surface area contributed by atoms with Crippen LogP contribution in [0.4, 0.5) is 0 Å². The van der Waals surface area contributed by atoms with E-state index in [1.54, 1.807) is 14.2 Å². The Balaban J connectivity index is 2.32. The lowest BCUT2D eigenvalue weighted by Crippen LogP contribution is -2.29. The maximum absolute atomic E-state index is 11.8. The molecule has 0 aliphatic heterocycles. The fraction of sp³-hybridized carbons (Fsp3) is 0.143. The second-order valence-corrected chi connectivity index (χ2v) is 5.48. The Bertz CT molecular complexity index is 758. The molecule has 3 aromatic carbocycles. The van der Waals surface area contributed by atoms with Gasteiger partial charge in [-0.15, -0.1) is 0 Å². The van der Waals surface area contributed by atoms with E-state index in [9.17, 15) is 5.11 Å². The molecule has 3 aromatic rings. The molecular formula is C21H20O3. The van der Waals surface area contributed by atoms with Gasteiger partial charge in [0.15, 0.2) is 11.5 Å². The maximum atomic E-state index is 11.8. The number of benzene rings is 3. The molecule has 3 nitrogen and oxygen atoms in total. The van der Waals surface area contributed by atoms with Crippen LogP contribution in [-0.2, 0) is 5.60 Å². The Morgan fingerprint density at radius 1 is 0.667 bits per heavy atom. The summed E-state index contributed by atoms with van der Waals surface area (Å²) in [7, 11) is 3.17. The molecule has 0 fully saturated rings. The molecule has 0 aromatic heterocycles. The Morgan fingerprint density at radius 2 is 1.21 bits per heavy atom. The van der Waals surface area contributed by atoms with Crippen LogP contribution in [0, 0.1) is 0 Å². The second-order valence-electron chi connectivity index (χ2n) is 5.48. The summed E-state index contributed by atoms with van der Waals surface area (Å²) in [6.07, 6.45) is 0. The van der Waals surface area contributed by atoms with Crippen molar-refractivity contribution in [1.29, 1.82) is 0 Å². The number of methoxy groups -OCH3 is 2. The lowest BCUT2D eigenvalue weighted by molar-refractivity contribution is 0.121. The van der Waals surface area contributed by atoms with Gasteiger partial charge in [0.2, 0.25) is 0 Å². The molecule has 0 bridgehead atoms. The van der Waals surface area contributed by atoms with Crippen molar-refractivity contribution in [3.63, 3.8) is 0 Å². The average molecular weight is 320 g/mol. The molecule has 3 heteroatoms. The molecular weight excluding hydrogens is 300 g/mol. The molecule has 0 aliphatic carbocycles. The summed E-state index contributed by atoms with van der Waals surface area (Å²) in [5.41, 5.74) is 0.829. The predicted molar refractivity (Wildman–Crippen MR) is 94.5 cm³/mol. The van der Waals surface area contributed by atoms with Gasteiger partial charge in [-0.3, -0.25) is 0 Å². The molecule has 1 N–H and O–H groups in total. The molecule has 0 amide bonds. The normalized spacial score (nSPS) is 11.1. The first-order valence-corrected chi connectivity index (χ1v) is 7.76. The van der Waals surface area contributed by atoms with Crippen molar-refractivity contribution in [2.45, 2.75) is 5.60 Å². The van der Waals surface area contributed by atoms with E-state index in [0.717, 1.165) is 11.1 Å². The molecule has 0 spiro atoms. The third-order valence-electron chi connectivity index (χ3n) is 4.18. The zero-order chi connectivity index (χ0) is 17.0. The van der Waals surface area contributed by atoms with Gasteiger partial charge in [0.25, 0.3) is 0 Å². The second kappa shape index (κ2) is 6.77. The first-order valence-electron chi connectivity index (χ1n) is 7.76. The molecule has 122 valence electrons. The van der Waals surface area contributed by atoms with E-state index in [1.165, 1.54) is 0 Å². The zero-order valence-electron chi connectivity index (χ0n) is 13.8. The summed E-state index contributed by atoms with van der Waals surface area (Å²) >= 11 is 0. The SMILES string of the molecule is COc1cccc(C(O)(c2ccccc2)c2ccccc2)c1OC. The molecule has 0 atom stereocenters. The van der Waals surface area contributed by atoms with Crippen LogP contribution in [0.15, 0.2) is 78.9 Å². The largest absolute Gasteiger partial charge is 0.493 e. The quantitative estimate of drug-likeness (QED) is 0.723. The lowest BCUT2D eigenvalue weighted by atomic mass is 9.80. The van der Waals surface area contributed by atoms with Crippen LogP contribution in [0.5, 0.6) is 11.5 Å². The summed E-state index contributed by atoms with van der Waals surface area (Å²) in [5.74, 6) is 1.11. The minimum absolute atomic E-state index is 0.523. The van der Waals surface area contributed by atoms with E-state index < -0.39 is 5.60 Å². The highest BCUT2D eigenvalue weighted by Gasteiger charge is 2.37. The average Bonchev–Trinajstić information content (AvgIpc) is 2.68. The highest BCUT2D eigenvalue weighted by atomic mass is 16.5. The third-order valence-corrected chi connectivity index (χ3v) is 4.18. The molecule has 0 saturated heterocycles. The third kappa shape index (κ3) is 2.63. The topological polar surface area (TPSA) is 38.7 Å². The standard InChI is InChI=1S/C21H20O3/c1-23-19-15-9-14-18(20(19)24-2)21(22,16-10-5-3-6-11-16)17-12-7-4-8-13-17/h3-15,22H,1-2H3. The number of hydrogen-bond acceptors (Lipinski definition) is 3. The number of hydrogen-bond donors (Lipinski definition) is 1. The number of para-hydroxylation sites is 1. The van der Waals surface area contributed by atoms with E-state index in [0.29, 0.717) is 17.1 Å². The van der Waals surface area contributed by atoms with Gasteiger partial charge in [-0.2, -0.15) is 0 Å². The van der Waals surface area contributed by atoms with E-state index in [4.69, 9.17) is 9.47 Å².